The Kier molecular flexibility index (Phi) is 9.40. The van der Waals surface area contributed by atoms with E-state index in [1.165, 1.54) is 0 Å². The zero-order valence-electron chi connectivity index (χ0n) is 21.6. The molecule has 0 bridgehead atoms. The summed E-state index contributed by atoms with van der Waals surface area (Å²) in [4.78, 5) is 29.2. The number of halogens is 1. The summed E-state index contributed by atoms with van der Waals surface area (Å²) >= 11 is 3.53. The van der Waals surface area contributed by atoms with Crippen molar-refractivity contribution in [1.82, 2.24) is 10.2 Å². The van der Waals surface area contributed by atoms with Crippen LogP contribution in [0.4, 0.5) is 0 Å². The Balaban J connectivity index is 1.62. The van der Waals surface area contributed by atoms with Crippen LogP contribution < -0.4 is 10.1 Å². The second-order valence-electron chi connectivity index (χ2n) is 9.96. The first-order valence-electron chi connectivity index (χ1n) is 13.0. The van der Waals surface area contributed by atoms with Gasteiger partial charge in [0, 0.05) is 23.5 Å². The summed E-state index contributed by atoms with van der Waals surface area (Å²) in [7, 11) is 0. The fraction of sp³-hybridized carbons (Fsp3) is 0.355. The van der Waals surface area contributed by atoms with Gasteiger partial charge in [0.15, 0.2) is 6.61 Å². The van der Waals surface area contributed by atoms with E-state index in [1.807, 2.05) is 80.6 Å². The van der Waals surface area contributed by atoms with E-state index in [-0.39, 0.29) is 24.5 Å². The van der Waals surface area contributed by atoms with Crippen LogP contribution in [0.25, 0.3) is 0 Å². The molecule has 0 spiro atoms. The number of amides is 2. The van der Waals surface area contributed by atoms with Gasteiger partial charge in [-0.3, -0.25) is 9.59 Å². The molecule has 2 amide bonds. The van der Waals surface area contributed by atoms with Crippen molar-refractivity contribution in [2.24, 2.45) is 0 Å². The monoisotopic (exact) mass is 562 g/mol. The lowest BCUT2D eigenvalue weighted by atomic mass is 10.0. The van der Waals surface area contributed by atoms with Crippen LogP contribution in [0.2, 0.25) is 0 Å². The lowest BCUT2D eigenvalue weighted by Crippen LogP contribution is -2.53. The first kappa shape index (κ1) is 26.9. The summed E-state index contributed by atoms with van der Waals surface area (Å²) in [5, 5.41) is 3.24. The van der Waals surface area contributed by atoms with Crippen molar-refractivity contribution in [1.29, 1.82) is 0 Å². The van der Waals surface area contributed by atoms with Crippen LogP contribution in [0.1, 0.15) is 47.9 Å². The number of rotatable bonds is 10. The molecule has 1 aliphatic rings. The maximum Gasteiger partial charge on any atom is 0.261 e. The molecule has 0 aliphatic heterocycles. The lowest BCUT2D eigenvalue weighted by molar-refractivity contribution is -0.143. The van der Waals surface area contributed by atoms with Crippen LogP contribution in [0, 0.1) is 13.8 Å². The van der Waals surface area contributed by atoms with Gasteiger partial charge in [-0.2, -0.15) is 0 Å². The number of nitrogens with one attached hydrogen (secondary N) is 1. The zero-order valence-corrected chi connectivity index (χ0v) is 23.2. The highest BCUT2D eigenvalue weighted by Crippen LogP contribution is 2.22. The van der Waals surface area contributed by atoms with Crippen molar-refractivity contribution in [2.45, 2.75) is 64.6 Å². The molecule has 3 aromatic rings. The molecular formula is C31H35BrN2O3. The van der Waals surface area contributed by atoms with Crippen LogP contribution in [0.3, 0.4) is 0 Å². The minimum absolute atomic E-state index is 0.106. The summed E-state index contributed by atoms with van der Waals surface area (Å²) < 4.78 is 6.88. The zero-order chi connectivity index (χ0) is 26.2. The van der Waals surface area contributed by atoms with Crippen molar-refractivity contribution in [3.63, 3.8) is 0 Å². The maximum absolute atomic E-state index is 13.8. The molecule has 0 heterocycles. The number of nitrogens with zero attached hydrogens (tertiary/aromatic N) is 1. The largest absolute Gasteiger partial charge is 0.484 e. The van der Waals surface area contributed by atoms with Crippen LogP contribution in [0.15, 0.2) is 77.3 Å². The molecule has 0 radical (unpaired) electrons. The number of ether oxygens (including phenoxy) is 1. The SMILES string of the molecule is Cc1cc(C)cc(OCC(=O)N(Cc2cccc(Br)c2)C(Cc2ccccc2)C(=O)NC2CCCC2)c1. The molecule has 4 rings (SSSR count). The number of hydrogen-bond acceptors (Lipinski definition) is 3. The molecular weight excluding hydrogens is 528 g/mol. The predicted octanol–water partition coefficient (Wildman–Crippen LogP) is 6.14. The number of carbonyl (C=O) groups is 2. The van der Waals surface area contributed by atoms with Gasteiger partial charge in [0.1, 0.15) is 11.8 Å². The second kappa shape index (κ2) is 12.9. The summed E-state index contributed by atoms with van der Waals surface area (Å²) in [5.74, 6) is 0.329. The van der Waals surface area contributed by atoms with E-state index in [4.69, 9.17) is 4.74 Å². The normalized spacial score (nSPS) is 14.2. The minimum atomic E-state index is -0.655. The fourth-order valence-corrected chi connectivity index (χ4v) is 5.44. The van der Waals surface area contributed by atoms with Crippen molar-refractivity contribution in [3.05, 3.63) is 99.5 Å². The van der Waals surface area contributed by atoms with E-state index in [2.05, 4.69) is 27.3 Å². The Labute approximate surface area is 228 Å². The minimum Gasteiger partial charge on any atom is -0.484 e. The molecule has 3 aromatic carbocycles. The molecule has 0 aromatic heterocycles. The highest BCUT2D eigenvalue weighted by Gasteiger charge is 2.32. The summed E-state index contributed by atoms with van der Waals surface area (Å²) in [6.07, 6.45) is 4.65. The molecule has 1 saturated carbocycles. The van der Waals surface area contributed by atoms with Crippen LogP contribution >= 0.6 is 15.9 Å². The molecule has 1 unspecified atom stereocenters. The van der Waals surface area contributed by atoms with Gasteiger partial charge in [-0.05, 0) is 73.2 Å². The summed E-state index contributed by atoms with van der Waals surface area (Å²) in [6.45, 7) is 4.18. The van der Waals surface area contributed by atoms with Crippen LogP contribution in [0.5, 0.6) is 5.75 Å². The molecule has 6 heteroatoms. The first-order valence-corrected chi connectivity index (χ1v) is 13.8. The van der Waals surface area contributed by atoms with E-state index in [9.17, 15) is 9.59 Å². The molecule has 5 nitrogen and oxygen atoms in total. The molecule has 1 fully saturated rings. The molecule has 37 heavy (non-hydrogen) atoms. The van der Waals surface area contributed by atoms with Crippen molar-refractivity contribution in [3.8, 4) is 5.75 Å². The third-order valence-corrected chi connectivity index (χ3v) is 7.27. The molecule has 1 aliphatic carbocycles. The quantitative estimate of drug-likeness (QED) is 0.322. The predicted molar refractivity (Wildman–Crippen MR) is 150 cm³/mol. The van der Waals surface area contributed by atoms with E-state index >= 15 is 0 Å². The van der Waals surface area contributed by atoms with E-state index < -0.39 is 6.04 Å². The van der Waals surface area contributed by atoms with Gasteiger partial charge in [-0.1, -0.05) is 77.3 Å². The molecule has 0 saturated heterocycles. The standard InChI is InChI=1S/C31H35BrN2O3/c1-22-15-23(2)17-28(16-22)37-21-30(35)34(20-25-11-8-12-26(32)18-25)29(19-24-9-4-3-5-10-24)31(36)33-27-13-6-7-14-27/h3-5,8-12,15-18,27,29H,6-7,13-14,19-21H2,1-2H3,(H,33,36). The third-order valence-electron chi connectivity index (χ3n) is 6.77. The number of benzene rings is 3. The highest BCUT2D eigenvalue weighted by atomic mass is 79.9. The first-order chi connectivity index (χ1) is 17.9. The van der Waals surface area contributed by atoms with Gasteiger partial charge in [-0.15, -0.1) is 0 Å². The van der Waals surface area contributed by atoms with Gasteiger partial charge >= 0.3 is 0 Å². The Morgan fingerprint density at radius 1 is 0.946 bits per heavy atom. The van der Waals surface area contributed by atoms with Crippen molar-refractivity contribution in [2.75, 3.05) is 6.61 Å². The van der Waals surface area contributed by atoms with E-state index in [0.717, 1.165) is 52.4 Å². The third kappa shape index (κ3) is 7.93. The summed E-state index contributed by atoms with van der Waals surface area (Å²) in [5.41, 5.74) is 4.11. The van der Waals surface area contributed by atoms with Crippen molar-refractivity contribution >= 4 is 27.7 Å². The number of carbonyl (C=O) groups excluding carboxylic acids is 2. The van der Waals surface area contributed by atoms with Gasteiger partial charge < -0.3 is 15.0 Å². The Hall–Kier alpha value is -3.12. The van der Waals surface area contributed by atoms with E-state index in [0.29, 0.717) is 18.7 Å². The highest BCUT2D eigenvalue weighted by molar-refractivity contribution is 9.10. The fourth-order valence-electron chi connectivity index (χ4n) is 5.00. The topological polar surface area (TPSA) is 58.6 Å². The second-order valence-corrected chi connectivity index (χ2v) is 10.9. The maximum atomic E-state index is 13.8. The van der Waals surface area contributed by atoms with E-state index in [1.54, 1.807) is 4.90 Å². The molecule has 1 N–H and O–H groups in total. The average Bonchev–Trinajstić information content (AvgIpc) is 3.38. The average molecular weight is 564 g/mol. The molecule has 194 valence electrons. The Morgan fingerprint density at radius 2 is 1.62 bits per heavy atom. The lowest BCUT2D eigenvalue weighted by Gasteiger charge is -2.32. The Bertz CT molecular complexity index is 1190. The van der Waals surface area contributed by atoms with Gasteiger partial charge in [0.05, 0.1) is 0 Å². The van der Waals surface area contributed by atoms with Gasteiger partial charge in [-0.25, -0.2) is 0 Å². The van der Waals surface area contributed by atoms with Crippen molar-refractivity contribution < 1.29 is 14.3 Å². The Morgan fingerprint density at radius 3 is 2.30 bits per heavy atom. The smallest absolute Gasteiger partial charge is 0.261 e. The molecule has 1 atom stereocenters. The number of hydrogen-bond donors (Lipinski definition) is 1. The number of aryl methyl sites for hydroxylation is 2. The van der Waals surface area contributed by atoms with Crippen LogP contribution in [-0.2, 0) is 22.6 Å². The summed E-state index contributed by atoms with van der Waals surface area (Å²) in [6, 6.07) is 23.2. The van der Waals surface area contributed by atoms with Crippen LogP contribution in [-0.4, -0.2) is 35.4 Å². The van der Waals surface area contributed by atoms with Gasteiger partial charge in [0.2, 0.25) is 5.91 Å². The van der Waals surface area contributed by atoms with Gasteiger partial charge in [0.25, 0.3) is 5.91 Å².